The van der Waals surface area contributed by atoms with Crippen molar-refractivity contribution in [2.45, 2.75) is 6.92 Å². The van der Waals surface area contributed by atoms with E-state index in [0.29, 0.717) is 18.1 Å². The summed E-state index contributed by atoms with van der Waals surface area (Å²) >= 11 is 4.88. The van der Waals surface area contributed by atoms with Gasteiger partial charge in [0, 0.05) is 18.7 Å². The molecule has 1 aromatic carbocycles. The number of rotatable bonds is 8. The van der Waals surface area contributed by atoms with Crippen LogP contribution in [0.2, 0.25) is 0 Å². The quantitative estimate of drug-likeness (QED) is 0.689. The Kier molecular flexibility index (Phi) is 6.64. The Morgan fingerprint density at radius 1 is 1.33 bits per heavy atom. The van der Waals surface area contributed by atoms with Gasteiger partial charge in [0.25, 0.3) is 0 Å². The van der Waals surface area contributed by atoms with E-state index in [1.54, 1.807) is 0 Å². The molecule has 18 heavy (non-hydrogen) atoms. The van der Waals surface area contributed by atoms with Crippen LogP contribution < -0.4 is 10.5 Å². The van der Waals surface area contributed by atoms with E-state index >= 15 is 0 Å². The predicted molar refractivity (Wildman–Crippen MR) is 77.0 cm³/mol. The Morgan fingerprint density at radius 3 is 2.50 bits per heavy atom. The van der Waals surface area contributed by atoms with Gasteiger partial charge in [0.05, 0.1) is 6.61 Å². The maximum Gasteiger partial charge on any atom is 0.119 e. The molecule has 0 unspecified atom stereocenters. The Labute approximate surface area is 113 Å². The zero-order chi connectivity index (χ0) is 13.4. The van der Waals surface area contributed by atoms with Gasteiger partial charge >= 0.3 is 0 Å². The summed E-state index contributed by atoms with van der Waals surface area (Å²) in [5.74, 6) is 0.801. The van der Waals surface area contributed by atoms with Crippen molar-refractivity contribution in [3.05, 3.63) is 29.8 Å². The van der Waals surface area contributed by atoms with Crippen LogP contribution in [0.3, 0.4) is 0 Å². The van der Waals surface area contributed by atoms with Gasteiger partial charge in [-0.25, -0.2) is 0 Å². The average Bonchev–Trinajstić information content (AvgIpc) is 2.38. The molecule has 0 fully saturated rings. The van der Waals surface area contributed by atoms with Gasteiger partial charge in [-0.3, -0.25) is 4.90 Å². The van der Waals surface area contributed by atoms with E-state index in [0.717, 1.165) is 24.4 Å². The molecule has 0 aromatic heterocycles. The molecule has 0 bridgehead atoms. The number of thiocarbonyl (C=S) groups is 1. The summed E-state index contributed by atoms with van der Waals surface area (Å²) in [6, 6.07) is 7.42. The molecule has 3 N–H and O–H groups in total. The number of nitrogens with two attached hydrogens (primary N) is 1. The fraction of sp³-hybridized carbons (Fsp3) is 0.462. The summed E-state index contributed by atoms with van der Waals surface area (Å²) in [6.45, 7) is 5.22. The van der Waals surface area contributed by atoms with Crippen LogP contribution in [0.5, 0.6) is 5.75 Å². The molecule has 5 heteroatoms. The fourth-order valence-corrected chi connectivity index (χ4v) is 1.71. The highest BCUT2D eigenvalue weighted by Gasteiger charge is 2.02. The van der Waals surface area contributed by atoms with Gasteiger partial charge in [0.15, 0.2) is 0 Å². The molecule has 1 aromatic rings. The van der Waals surface area contributed by atoms with Crippen molar-refractivity contribution in [1.82, 2.24) is 4.90 Å². The van der Waals surface area contributed by atoms with Crippen LogP contribution in [-0.4, -0.2) is 47.8 Å². The smallest absolute Gasteiger partial charge is 0.119 e. The van der Waals surface area contributed by atoms with Crippen molar-refractivity contribution in [3.8, 4) is 5.75 Å². The number of ether oxygens (including phenoxy) is 1. The van der Waals surface area contributed by atoms with Crippen molar-refractivity contribution >= 4 is 17.2 Å². The molecule has 0 saturated carbocycles. The third kappa shape index (κ3) is 5.00. The van der Waals surface area contributed by atoms with Gasteiger partial charge in [0.2, 0.25) is 0 Å². The second kappa shape index (κ2) is 8.02. The lowest BCUT2D eigenvalue weighted by Crippen LogP contribution is -2.30. The minimum absolute atomic E-state index is 0.177. The lowest BCUT2D eigenvalue weighted by Gasteiger charge is -2.19. The lowest BCUT2D eigenvalue weighted by atomic mass is 10.2. The third-order valence-corrected chi connectivity index (χ3v) is 2.91. The molecule has 0 spiro atoms. The summed E-state index contributed by atoms with van der Waals surface area (Å²) in [5, 5.41) is 8.86. The van der Waals surface area contributed by atoms with Crippen molar-refractivity contribution in [3.63, 3.8) is 0 Å². The zero-order valence-corrected chi connectivity index (χ0v) is 11.4. The average molecular weight is 268 g/mol. The Bertz CT molecular complexity index is 368. The molecule has 0 radical (unpaired) electrons. The Hall–Kier alpha value is -1.17. The van der Waals surface area contributed by atoms with Crippen LogP contribution in [0.25, 0.3) is 0 Å². The number of aliphatic hydroxyl groups excluding tert-OH is 1. The number of nitrogens with zero attached hydrogens (tertiary/aromatic N) is 1. The molecular weight excluding hydrogens is 248 g/mol. The van der Waals surface area contributed by atoms with Gasteiger partial charge in [-0.2, -0.15) is 0 Å². The van der Waals surface area contributed by atoms with E-state index in [1.165, 1.54) is 0 Å². The Balaban J connectivity index is 2.37. The highest BCUT2D eigenvalue weighted by molar-refractivity contribution is 7.80. The maximum atomic E-state index is 8.86. The topological polar surface area (TPSA) is 58.7 Å². The van der Waals surface area contributed by atoms with E-state index in [4.69, 9.17) is 27.8 Å². The minimum Gasteiger partial charge on any atom is -0.492 e. The standard InChI is InChI=1S/C13H20N2O2S/c1-2-15(7-9-16)8-10-17-12-5-3-11(4-6-12)13(14)18/h3-6,16H,2,7-10H2,1H3,(H2,14,18). The highest BCUT2D eigenvalue weighted by Crippen LogP contribution is 2.12. The molecule has 0 atom stereocenters. The van der Waals surface area contributed by atoms with E-state index < -0.39 is 0 Å². The van der Waals surface area contributed by atoms with Crippen LogP contribution in [0.15, 0.2) is 24.3 Å². The molecule has 0 amide bonds. The van der Waals surface area contributed by atoms with Crippen LogP contribution in [-0.2, 0) is 0 Å². The molecular formula is C13H20N2O2S. The van der Waals surface area contributed by atoms with E-state index in [2.05, 4.69) is 11.8 Å². The summed E-state index contributed by atoms with van der Waals surface area (Å²) in [5.41, 5.74) is 6.36. The summed E-state index contributed by atoms with van der Waals surface area (Å²) in [7, 11) is 0. The molecule has 0 aliphatic heterocycles. The van der Waals surface area contributed by atoms with Gasteiger partial charge in [0.1, 0.15) is 17.3 Å². The first-order valence-electron chi connectivity index (χ1n) is 6.03. The molecule has 0 heterocycles. The second-order valence-electron chi connectivity index (χ2n) is 3.89. The Morgan fingerprint density at radius 2 is 2.00 bits per heavy atom. The maximum absolute atomic E-state index is 8.86. The van der Waals surface area contributed by atoms with Gasteiger partial charge < -0.3 is 15.6 Å². The van der Waals surface area contributed by atoms with Crippen molar-refractivity contribution in [2.24, 2.45) is 5.73 Å². The molecule has 4 nitrogen and oxygen atoms in total. The monoisotopic (exact) mass is 268 g/mol. The SMILES string of the molecule is CCN(CCO)CCOc1ccc(C(N)=S)cc1. The highest BCUT2D eigenvalue weighted by atomic mass is 32.1. The first kappa shape index (κ1) is 14.9. The first-order valence-corrected chi connectivity index (χ1v) is 6.44. The minimum atomic E-state index is 0.177. The van der Waals surface area contributed by atoms with Crippen LogP contribution >= 0.6 is 12.2 Å². The summed E-state index contributed by atoms with van der Waals surface area (Å²) in [4.78, 5) is 2.52. The molecule has 0 aliphatic rings. The van der Waals surface area contributed by atoms with Crippen LogP contribution in [0.4, 0.5) is 0 Å². The fourth-order valence-electron chi connectivity index (χ4n) is 1.58. The van der Waals surface area contributed by atoms with Crippen LogP contribution in [0, 0.1) is 0 Å². The zero-order valence-electron chi connectivity index (χ0n) is 10.6. The van der Waals surface area contributed by atoms with E-state index in [1.807, 2.05) is 24.3 Å². The summed E-state index contributed by atoms with van der Waals surface area (Å²) < 4.78 is 5.61. The van der Waals surface area contributed by atoms with Gasteiger partial charge in [-0.05, 0) is 30.8 Å². The van der Waals surface area contributed by atoms with Crippen LogP contribution in [0.1, 0.15) is 12.5 Å². The number of aliphatic hydroxyl groups is 1. The van der Waals surface area contributed by atoms with Crippen molar-refractivity contribution in [2.75, 3.05) is 32.8 Å². The molecule has 100 valence electrons. The third-order valence-electron chi connectivity index (χ3n) is 2.68. The molecule has 1 rings (SSSR count). The lowest BCUT2D eigenvalue weighted by molar-refractivity contribution is 0.174. The van der Waals surface area contributed by atoms with E-state index in [-0.39, 0.29) is 6.61 Å². The van der Waals surface area contributed by atoms with E-state index in [9.17, 15) is 0 Å². The predicted octanol–water partition coefficient (Wildman–Crippen LogP) is 1.01. The number of likely N-dealkylation sites (N-methyl/N-ethyl adjacent to an activating group) is 1. The molecule has 0 saturated heterocycles. The van der Waals surface area contributed by atoms with Crippen molar-refractivity contribution in [1.29, 1.82) is 0 Å². The molecule has 0 aliphatic carbocycles. The number of hydrogen-bond donors (Lipinski definition) is 2. The first-order chi connectivity index (χ1) is 8.67. The normalized spacial score (nSPS) is 10.6. The largest absolute Gasteiger partial charge is 0.492 e. The van der Waals surface area contributed by atoms with Gasteiger partial charge in [-0.15, -0.1) is 0 Å². The number of benzene rings is 1. The van der Waals surface area contributed by atoms with Crippen molar-refractivity contribution < 1.29 is 9.84 Å². The number of hydrogen-bond acceptors (Lipinski definition) is 4. The second-order valence-corrected chi connectivity index (χ2v) is 4.33. The summed E-state index contributed by atoms with van der Waals surface area (Å²) in [6.07, 6.45) is 0. The van der Waals surface area contributed by atoms with Gasteiger partial charge in [-0.1, -0.05) is 19.1 Å².